The smallest absolute Gasteiger partial charge is 0.161 e. The van der Waals surface area contributed by atoms with Crippen LogP contribution >= 0.6 is 34.5 Å². The molecule has 2 rings (SSSR count). The molecular formula is C14H19Cl2N3OS. The second-order valence-corrected chi connectivity index (χ2v) is 6.88. The van der Waals surface area contributed by atoms with Crippen molar-refractivity contribution in [1.82, 2.24) is 15.1 Å². The molecule has 0 bridgehead atoms. The van der Waals surface area contributed by atoms with E-state index in [1.165, 1.54) is 11.3 Å². The number of hydrogen-bond donors (Lipinski definition) is 1. The summed E-state index contributed by atoms with van der Waals surface area (Å²) in [5, 5.41) is 7.87. The molecule has 0 saturated heterocycles. The quantitative estimate of drug-likeness (QED) is 0.808. The van der Waals surface area contributed by atoms with Gasteiger partial charge < -0.3 is 10.1 Å². The van der Waals surface area contributed by atoms with Gasteiger partial charge in [0.25, 0.3) is 0 Å². The monoisotopic (exact) mass is 347 g/mol. The molecule has 0 aliphatic rings. The predicted octanol–water partition coefficient (Wildman–Crippen LogP) is 4.37. The molecule has 4 nitrogen and oxygen atoms in total. The van der Waals surface area contributed by atoms with Crippen molar-refractivity contribution in [3.63, 3.8) is 0 Å². The van der Waals surface area contributed by atoms with Gasteiger partial charge in [-0.3, -0.25) is 4.68 Å². The molecule has 21 heavy (non-hydrogen) atoms. The van der Waals surface area contributed by atoms with Crippen LogP contribution in [0.5, 0.6) is 5.75 Å². The Morgan fingerprint density at radius 2 is 2.19 bits per heavy atom. The van der Waals surface area contributed by atoms with Gasteiger partial charge in [0.15, 0.2) is 5.75 Å². The fourth-order valence-corrected chi connectivity index (χ4v) is 3.86. The molecule has 2 heterocycles. The third-order valence-electron chi connectivity index (χ3n) is 3.18. The van der Waals surface area contributed by atoms with Gasteiger partial charge in [0, 0.05) is 12.1 Å². The van der Waals surface area contributed by atoms with Crippen molar-refractivity contribution in [2.24, 2.45) is 0 Å². The number of methoxy groups -OCH3 is 1. The van der Waals surface area contributed by atoms with E-state index in [-0.39, 0.29) is 6.04 Å². The number of nitrogens with one attached hydrogen (secondary N) is 1. The Morgan fingerprint density at radius 1 is 1.43 bits per heavy atom. The summed E-state index contributed by atoms with van der Waals surface area (Å²) in [7, 11) is 1.65. The van der Waals surface area contributed by atoms with E-state index in [9.17, 15) is 0 Å². The standard InChI is InChI=1S/C14H19Cl2N3OS/c1-4-6-19-13(10(20-3)8-18-19)12(17-5-2)9-7-11(15)21-14(9)16/h7-8,12,17H,4-6H2,1-3H3. The van der Waals surface area contributed by atoms with Crippen LogP contribution < -0.4 is 10.1 Å². The molecule has 2 aromatic rings. The lowest BCUT2D eigenvalue weighted by Crippen LogP contribution is -2.25. The summed E-state index contributed by atoms with van der Waals surface area (Å²) in [6, 6.07) is 1.82. The molecule has 116 valence electrons. The van der Waals surface area contributed by atoms with Gasteiger partial charge in [0.2, 0.25) is 0 Å². The molecule has 0 radical (unpaired) electrons. The summed E-state index contributed by atoms with van der Waals surface area (Å²) in [6.45, 7) is 5.81. The zero-order valence-corrected chi connectivity index (χ0v) is 14.6. The van der Waals surface area contributed by atoms with E-state index in [0.717, 1.165) is 36.5 Å². The Kier molecular flexibility index (Phi) is 5.93. The topological polar surface area (TPSA) is 39.1 Å². The fraction of sp³-hybridized carbons (Fsp3) is 0.500. The molecule has 0 fully saturated rings. The number of hydrogen-bond acceptors (Lipinski definition) is 4. The van der Waals surface area contributed by atoms with Crippen LogP contribution in [0.3, 0.4) is 0 Å². The summed E-state index contributed by atoms with van der Waals surface area (Å²) in [4.78, 5) is 0. The van der Waals surface area contributed by atoms with Crippen LogP contribution in [0, 0.1) is 0 Å². The summed E-state index contributed by atoms with van der Waals surface area (Å²) in [6.07, 6.45) is 2.74. The first kappa shape index (κ1) is 16.6. The van der Waals surface area contributed by atoms with Crippen LogP contribution in [0.2, 0.25) is 8.67 Å². The number of rotatable bonds is 7. The molecule has 0 spiro atoms. The van der Waals surface area contributed by atoms with Gasteiger partial charge in [-0.15, -0.1) is 11.3 Å². The summed E-state index contributed by atoms with van der Waals surface area (Å²) in [5.41, 5.74) is 1.95. The van der Waals surface area contributed by atoms with Crippen molar-refractivity contribution < 1.29 is 4.74 Å². The number of nitrogens with zero attached hydrogens (tertiary/aromatic N) is 2. The van der Waals surface area contributed by atoms with Gasteiger partial charge in [-0.1, -0.05) is 37.0 Å². The Morgan fingerprint density at radius 3 is 2.71 bits per heavy atom. The Hall–Kier alpha value is -0.750. The first-order chi connectivity index (χ1) is 10.1. The maximum absolute atomic E-state index is 6.34. The number of halogens is 2. The molecule has 7 heteroatoms. The molecule has 1 atom stereocenters. The van der Waals surface area contributed by atoms with Crippen LogP contribution in [0.15, 0.2) is 12.3 Å². The lowest BCUT2D eigenvalue weighted by molar-refractivity contribution is 0.398. The first-order valence-electron chi connectivity index (χ1n) is 6.90. The van der Waals surface area contributed by atoms with E-state index >= 15 is 0 Å². The van der Waals surface area contributed by atoms with Gasteiger partial charge in [-0.25, -0.2) is 0 Å². The zero-order valence-electron chi connectivity index (χ0n) is 12.3. The zero-order chi connectivity index (χ0) is 15.4. The van der Waals surface area contributed by atoms with Crippen molar-refractivity contribution in [3.8, 4) is 5.75 Å². The molecular weight excluding hydrogens is 329 g/mol. The maximum Gasteiger partial charge on any atom is 0.161 e. The fourth-order valence-electron chi connectivity index (χ4n) is 2.32. The SMILES string of the molecule is CCCn1ncc(OC)c1C(NCC)c1cc(Cl)sc1Cl. The molecule has 1 N–H and O–H groups in total. The van der Waals surface area contributed by atoms with Crippen molar-refractivity contribution in [1.29, 1.82) is 0 Å². The van der Waals surface area contributed by atoms with E-state index in [1.807, 2.05) is 10.7 Å². The van der Waals surface area contributed by atoms with Crippen molar-refractivity contribution in [2.45, 2.75) is 32.9 Å². The summed E-state index contributed by atoms with van der Waals surface area (Å²) in [5.74, 6) is 0.757. The molecule has 1 unspecified atom stereocenters. The highest BCUT2D eigenvalue weighted by atomic mass is 35.5. The average Bonchev–Trinajstić information content (AvgIpc) is 3.00. The van der Waals surface area contributed by atoms with Crippen molar-refractivity contribution >= 4 is 34.5 Å². The molecule has 0 aliphatic heterocycles. The molecule has 0 saturated carbocycles. The highest BCUT2D eigenvalue weighted by molar-refractivity contribution is 7.20. The van der Waals surface area contributed by atoms with E-state index in [4.69, 9.17) is 27.9 Å². The summed E-state index contributed by atoms with van der Waals surface area (Å²) >= 11 is 13.8. The minimum atomic E-state index is -0.0877. The first-order valence-corrected chi connectivity index (χ1v) is 8.47. The Balaban J connectivity index is 2.51. The Labute approximate surface area is 139 Å². The van der Waals surface area contributed by atoms with E-state index in [2.05, 4.69) is 24.3 Å². The van der Waals surface area contributed by atoms with Gasteiger partial charge >= 0.3 is 0 Å². The van der Waals surface area contributed by atoms with Crippen molar-refractivity contribution in [3.05, 3.63) is 32.2 Å². The van der Waals surface area contributed by atoms with Gasteiger partial charge in [-0.05, 0) is 19.0 Å². The predicted molar refractivity (Wildman–Crippen MR) is 88.9 cm³/mol. The lowest BCUT2D eigenvalue weighted by Gasteiger charge is -2.20. The molecule has 0 aromatic carbocycles. The highest BCUT2D eigenvalue weighted by Gasteiger charge is 2.26. The summed E-state index contributed by atoms with van der Waals surface area (Å²) < 4.78 is 8.81. The van der Waals surface area contributed by atoms with E-state index in [0.29, 0.717) is 8.67 Å². The van der Waals surface area contributed by atoms with Crippen molar-refractivity contribution in [2.75, 3.05) is 13.7 Å². The van der Waals surface area contributed by atoms with Crippen LogP contribution in [-0.4, -0.2) is 23.4 Å². The normalized spacial score (nSPS) is 12.6. The second-order valence-electron chi connectivity index (χ2n) is 4.59. The minimum Gasteiger partial charge on any atom is -0.493 e. The van der Waals surface area contributed by atoms with Gasteiger partial charge in [-0.2, -0.15) is 5.10 Å². The van der Waals surface area contributed by atoms with Crippen LogP contribution in [-0.2, 0) is 6.54 Å². The second kappa shape index (κ2) is 7.49. The Bertz CT molecular complexity index is 597. The van der Waals surface area contributed by atoms with E-state index in [1.54, 1.807) is 13.3 Å². The van der Waals surface area contributed by atoms with Crippen LogP contribution in [0.1, 0.15) is 37.6 Å². The van der Waals surface area contributed by atoms with Crippen LogP contribution in [0.4, 0.5) is 0 Å². The number of aromatic nitrogens is 2. The number of ether oxygens (including phenoxy) is 1. The minimum absolute atomic E-state index is 0.0877. The largest absolute Gasteiger partial charge is 0.493 e. The third-order valence-corrected chi connectivity index (χ3v) is 4.69. The lowest BCUT2D eigenvalue weighted by atomic mass is 10.1. The molecule has 0 amide bonds. The van der Waals surface area contributed by atoms with E-state index < -0.39 is 0 Å². The maximum atomic E-state index is 6.34. The highest BCUT2D eigenvalue weighted by Crippen LogP contribution is 2.39. The number of thiophene rings is 1. The van der Waals surface area contributed by atoms with Gasteiger partial charge in [0.1, 0.15) is 5.69 Å². The molecule has 2 aromatic heterocycles. The average molecular weight is 348 g/mol. The number of aryl methyl sites for hydroxylation is 1. The van der Waals surface area contributed by atoms with Crippen LogP contribution in [0.25, 0.3) is 0 Å². The van der Waals surface area contributed by atoms with Gasteiger partial charge in [0.05, 0.1) is 28.0 Å². The third kappa shape index (κ3) is 3.54. The molecule has 0 aliphatic carbocycles.